The number of thiazole rings is 1. The summed E-state index contributed by atoms with van der Waals surface area (Å²) >= 11 is 1.27. The van der Waals surface area contributed by atoms with Gasteiger partial charge >= 0.3 is 11.8 Å². The van der Waals surface area contributed by atoms with Crippen molar-refractivity contribution in [2.75, 3.05) is 32.5 Å². The minimum absolute atomic E-state index is 0.429. The van der Waals surface area contributed by atoms with Gasteiger partial charge in [0.2, 0.25) is 0 Å². The van der Waals surface area contributed by atoms with Gasteiger partial charge in [-0.05, 0) is 0 Å². The molecular formula is C9H15N4O2S+. The fourth-order valence-corrected chi connectivity index (χ4v) is 1.47. The van der Waals surface area contributed by atoms with Crippen molar-refractivity contribution in [3.05, 3.63) is 11.6 Å². The summed E-state index contributed by atoms with van der Waals surface area (Å²) in [5.74, 6) is -1.31. The van der Waals surface area contributed by atoms with Gasteiger partial charge in [-0.1, -0.05) is 0 Å². The monoisotopic (exact) mass is 243 g/mol. The fourth-order valence-electron chi connectivity index (χ4n) is 0.945. The number of nitrogens with one attached hydrogen (secondary N) is 3. The minimum Gasteiger partial charge on any atom is -0.342 e. The number of carbonyl (C=O) groups is 2. The van der Waals surface area contributed by atoms with Gasteiger partial charge in [0.05, 0.1) is 27.2 Å². The Morgan fingerprint density at radius 1 is 1.44 bits per heavy atom. The first-order chi connectivity index (χ1) is 7.59. The number of hydrogen-bond donors (Lipinski definition) is 3. The van der Waals surface area contributed by atoms with Gasteiger partial charge in [0.15, 0.2) is 5.13 Å². The maximum atomic E-state index is 11.3. The van der Waals surface area contributed by atoms with E-state index in [-0.39, 0.29) is 0 Å². The Kier molecular flexibility index (Phi) is 4.87. The first-order valence-corrected chi connectivity index (χ1v) is 5.75. The molecule has 88 valence electrons. The van der Waals surface area contributed by atoms with Gasteiger partial charge in [0, 0.05) is 11.6 Å². The molecule has 0 aliphatic rings. The smallest absolute Gasteiger partial charge is 0.315 e. The Balaban J connectivity index is 2.28. The molecule has 0 atom stereocenters. The van der Waals surface area contributed by atoms with Gasteiger partial charge in [-0.3, -0.25) is 14.9 Å². The van der Waals surface area contributed by atoms with Crippen molar-refractivity contribution in [2.45, 2.75) is 0 Å². The zero-order valence-electron chi connectivity index (χ0n) is 9.24. The molecule has 2 amide bonds. The Bertz CT molecular complexity index is 350. The number of nitrogens with zero attached hydrogens (tertiary/aromatic N) is 1. The van der Waals surface area contributed by atoms with Crippen LogP contribution in [0.1, 0.15) is 0 Å². The van der Waals surface area contributed by atoms with Crippen molar-refractivity contribution in [1.29, 1.82) is 0 Å². The molecule has 7 heteroatoms. The van der Waals surface area contributed by atoms with Crippen LogP contribution in [0.2, 0.25) is 0 Å². The van der Waals surface area contributed by atoms with Crippen LogP contribution in [0.25, 0.3) is 0 Å². The van der Waals surface area contributed by atoms with Crippen molar-refractivity contribution < 1.29 is 14.5 Å². The molecule has 1 heterocycles. The molecule has 0 spiro atoms. The van der Waals surface area contributed by atoms with E-state index in [4.69, 9.17) is 0 Å². The van der Waals surface area contributed by atoms with Crippen LogP contribution in [0.5, 0.6) is 0 Å². The van der Waals surface area contributed by atoms with Crippen molar-refractivity contribution in [2.24, 2.45) is 0 Å². The molecule has 0 saturated heterocycles. The van der Waals surface area contributed by atoms with Gasteiger partial charge in [-0.25, -0.2) is 4.98 Å². The number of hydrogen-bond acceptors (Lipinski definition) is 4. The third-order valence-corrected chi connectivity index (χ3v) is 2.46. The predicted molar refractivity (Wildman–Crippen MR) is 61.4 cm³/mol. The minimum atomic E-state index is -0.677. The molecule has 0 saturated carbocycles. The van der Waals surface area contributed by atoms with Gasteiger partial charge < -0.3 is 10.2 Å². The van der Waals surface area contributed by atoms with E-state index in [1.165, 1.54) is 16.2 Å². The number of anilines is 1. The molecule has 0 aliphatic heterocycles. The molecule has 1 rings (SSSR count). The molecule has 0 bridgehead atoms. The summed E-state index contributed by atoms with van der Waals surface area (Å²) in [5.41, 5.74) is 0. The normalized spacial score (nSPS) is 10.2. The molecule has 0 fully saturated rings. The van der Waals surface area contributed by atoms with E-state index in [2.05, 4.69) is 15.6 Å². The van der Waals surface area contributed by atoms with Gasteiger partial charge in [0.1, 0.15) is 0 Å². The Hall–Kier alpha value is -1.47. The van der Waals surface area contributed by atoms with Gasteiger partial charge in [-0.15, -0.1) is 11.3 Å². The second kappa shape index (κ2) is 6.19. The Morgan fingerprint density at radius 3 is 2.75 bits per heavy atom. The number of carbonyl (C=O) groups excluding carboxylic acids is 2. The molecule has 0 aromatic carbocycles. The van der Waals surface area contributed by atoms with Crippen molar-refractivity contribution in [3.8, 4) is 0 Å². The SMILES string of the molecule is C[NH+](C)CCNC(=O)C(=O)Nc1nccs1. The summed E-state index contributed by atoms with van der Waals surface area (Å²) in [5, 5.41) is 7.09. The molecule has 3 N–H and O–H groups in total. The molecule has 0 radical (unpaired) electrons. The lowest BCUT2D eigenvalue weighted by atomic mass is 10.5. The Morgan fingerprint density at radius 2 is 2.19 bits per heavy atom. The number of likely N-dealkylation sites (N-methyl/N-ethyl adjacent to an activating group) is 1. The van der Waals surface area contributed by atoms with Crippen molar-refractivity contribution in [3.63, 3.8) is 0 Å². The van der Waals surface area contributed by atoms with E-state index in [0.29, 0.717) is 11.7 Å². The van der Waals surface area contributed by atoms with Crippen molar-refractivity contribution in [1.82, 2.24) is 10.3 Å². The number of amides is 2. The van der Waals surface area contributed by atoms with Crippen LogP contribution in [-0.2, 0) is 9.59 Å². The zero-order chi connectivity index (χ0) is 12.0. The average molecular weight is 243 g/mol. The van der Waals surface area contributed by atoms with Crippen LogP contribution in [0.15, 0.2) is 11.6 Å². The highest BCUT2D eigenvalue weighted by atomic mass is 32.1. The third-order valence-electron chi connectivity index (χ3n) is 1.77. The van der Waals surface area contributed by atoms with E-state index >= 15 is 0 Å². The lowest BCUT2D eigenvalue weighted by molar-refractivity contribution is -0.856. The van der Waals surface area contributed by atoms with Crippen LogP contribution in [0.4, 0.5) is 5.13 Å². The topological polar surface area (TPSA) is 75.5 Å². The molecule has 16 heavy (non-hydrogen) atoms. The van der Waals surface area contributed by atoms with E-state index in [0.717, 1.165) is 6.54 Å². The maximum absolute atomic E-state index is 11.3. The summed E-state index contributed by atoms with van der Waals surface area (Å²) in [6, 6.07) is 0. The summed E-state index contributed by atoms with van der Waals surface area (Å²) < 4.78 is 0. The zero-order valence-corrected chi connectivity index (χ0v) is 10.1. The first kappa shape index (κ1) is 12.6. The van der Waals surface area contributed by atoms with Crippen LogP contribution >= 0.6 is 11.3 Å². The maximum Gasteiger partial charge on any atom is 0.315 e. The molecule has 0 aliphatic carbocycles. The average Bonchev–Trinajstić information content (AvgIpc) is 2.69. The summed E-state index contributed by atoms with van der Waals surface area (Å²) in [6.07, 6.45) is 1.56. The van der Waals surface area contributed by atoms with E-state index in [1.54, 1.807) is 11.6 Å². The molecule has 0 unspecified atom stereocenters. The molecule has 1 aromatic heterocycles. The number of aromatic nitrogens is 1. The summed E-state index contributed by atoms with van der Waals surface area (Å²) in [6.45, 7) is 1.25. The van der Waals surface area contributed by atoms with Crippen LogP contribution in [0.3, 0.4) is 0 Å². The van der Waals surface area contributed by atoms with Crippen LogP contribution in [0, 0.1) is 0 Å². The van der Waals surface area contributed by atoms with E-state index in [1.807, 2.05) is 14.1 Å². The second-order valence-electron chi connectivity index (χ2n) is 3.50. The standard InChI is InChI=1S/C9H14N4O2S/c1-13(2)5-3-10-7(14)8(15)12-9-11-4-6-16-9/h4,6H,3,5H2,1-2H3,(H,10,14)(H,11,12,15)/p+1. The first-order valence-electron chi connectivity index (χ1n) is 4.87. The summed E-state index contributed by atoms with van der Waals surface area (Å²) in [7, 11) is 3.95. The van der Waals surface area contributed by atoms with Crippen molar-refractivity contribution >= 4 is 28.3 Å². The van der Waals surface area contributed by atoms with Crippen LogP contribution < -0.4 is 15.5 Å². The highest BCUT2D eigenvalue weighted by molar-refractivity contribution is 7.13. The lowest BCUT2D eigenvalue weighted by Gasteiger charge is -2.07. The fraction of sp³-hybridized carbons (Fsp3) is 0.444. The Labute approximate surface area is 97.7 Å². The largest absolute Gasteiger partial charge is 0.342 e. The number of quaternary nitrogens is 1. The second-order valence-corrected chi connectivity index (χ2v) is 4.40. The van der Waals surface area contributed by atoms with E-state index < -0.39 is 11.8 Å². The number of rotatable bonds is 4. The lowest BCUT2D eigenvalue weighted by Crippen LogP contribution is -3.06. The van der Waals surface area contributed by atoms with E-state index in [9.17, 15) is 9.59 Å². The van der Waals surface area contributed by atoms with Gasteiger partial charge in [0.25, 0.3) is 0 Å². The molecule has 1 aromatic rings. The van der Waals surface area contributed by atoms with Crippen LogP contribution in [-0.4, -0.2) is 44.0 Å². The third kappa shape index (κ3) is 4.37. The predicted octanol–water partition coefficient (Wildman–Crippen LogP) is -1.66. The van der Waals surface area contributed by atoms with Gasteiger partial charge in [-0.2, -0.15) is 0 Å². The quantitative estimate of drug-likeness (QED) is 0.554. The highest BCUT2D eigenvalue weighted by Crippen LogP contribution is 2.09. The molecule has 6 nitrogen and oxygen atoms in total. The highest BCUT2D eigenvalue weighted by Gasteiger charge is 2.14. The molecular weight excluding hydrogens is 228 g/mol. The summed E-state index contributed by atoms with van der Waals surface area (Å²) in [4.78, 5) is 27.7.